The SMILES string of the molecule is O=C(N/N=C/C12c3ccccc3C(c3ccccc31)[C@@H]1C(=O)N(c3ccc(Br)cc3)C(=O)[C@@H]12)c1cccnc1. The topological polar surface area (TPSA) is 91.7 Å². The van der Waals surface area contributed by atoms with Crippen LogP contribution in [-0.2, 0) is 15.0 Å². The van der Waals surface area contributed by atoms with Gasteiger partial charge in [0.05, 0.1) is 28.5 Å². The molecule has 0 radical (unpaired) electrons. The number of nitrogens with zero attached hydrogens (tertiary/aromatic N) is 3. The molecule has 1 aliphatic heterocycles. The maximum Gasteiger partial charge on any atom is 0.272 e. The largest absolute Gasteiger partial charge is 0.274 e. The third kappa shape index (κ3) is 3.31. The van der Waals surface area contributed by atoms with Gasteiger partial charge in [-0.05, 0) is 58.7 Å². The van der Waals surface area contributed by atoms with Gasteiger partial charge in [0.25, 0.3) is 5.91 Å². The van der Waals surface area contributed by atoms with Crippen molar-refractivity contribution in [3.05, 3.63) is 130 Å². The number of aromatic nitrogens is 1. The van der Waals surface area contributed by atoms with Crippen LogP contribution in [0.4, 0.5) is 5.69 Å². The Kier molecular flexibility index (Phi) is 5.35. The highest BCUT2D eigenvalue weighted by molar-refractivity contribution is 9.10. The molecule has 8 rings (SSSR count). The first kappa shape index (κ1) is 23.7. The van der Waals surface area contributed by atoms with E-state index in [0.29, 0.717) is 11.3 Å². The lowest BCUT2D eigenvalue weighted by Crippen LogP contribution is -2.54. The predicted molar refractivity (Wildman–Crippen MR) is 149 cm³/mol. The molecule has 1 N–H and O–H groups in total. The van der Waals surface area contributed by atoms with Crippen LogP contribution in [0.1, 0.15) is 38.5 Å². The van der Waals surface area contributed by atoms with Crippen molar-refractivity contribution in [2.45, 2.75) is 11.3 Å². The number of amides is 3. The van der Waals surface area contributed by atoms with Gasteiger partial charge in [-0.25, -0.2) is 10.3 Å². The summed E-state index contributed by atoms with van der Waals surface area (Å²) in [7, 11) is 0. The van der Waals surface area contributed by atoms with Gasteiger partial charge in [0.1, 0.15) is 0 Å². The Morgan fingerprint density at radius 2 is 1.56 bits per heavy atom. The minimum atomic E-state index is -1.05. The number of halogens is 1. The van der Waals surface area contributed by atoms with Gasteiger partial charge >= 0.3 is 0 Å². The molecule has 190 valence electrons. The summed E-state index contributed by atoms with van der Waals surface area (Å²) in [6.07, 6.45) is 4.71. The lowest BCUT2D eigenvalue weighted by molar-refractivity contribution is -0.122. The second-order valence-electron chi connectivity index (χ2n) is 9.95. The van der Waals surface area contributed by atoms with E-state index in [1.807, 2.05) is 60.7 Å². The van der Waals surface area contributed by atoms with E-state index in [9.17, 15) is 14.4 Å². The minimum absolute atomic E-state index is 0.224. The molecule has 4 aliphatic rings. The zero-order chi connectivity index (χ0) is 26.7. The highest BCUT2D eigenvalue weighted by Crippen LogP contribution is 2.63. The second-order valence-corrected chi connectivity index (χ2v) is 10.9. The molecule has 8 heteroatoms. The third-order valence-electron chi connectivity index (χ3n) is 8.13. The van der Waals surface area contributed by atoms with Crippen LogP contribution in [0.25, 0.3) is 0 Å². The number of carbonyl (C=O) groups excluding carboxylic acids is 3. The predicted octanol–water partition coefficient (Wildman–Crippen LogP) is 4.81. The lowest BCUT2D eigenvalue weighted by Gasteiger charge is -2.52. The molecule has 0 unspecified atom stereocenters. The molecule has 2 bridgehead atoms. The summed E-state index contributed by atoms with van der Waals surface area (Å²) < 4.78 is 0.857. The number of benzene rings is 3. The molecule has 2 heterocycles. The standard InChI is InChI=1S/C31H21BrN4O3/c32-19-11-13-20(14-12-19)36-29(38)26-25-21-7-1-3-9-23(21)31(27(26)30(36)39,24-10-4-2-8-22(24)25)17-34-35-28(37)18-6-5-15-33-16-18/h1-17,25-27H,(H,35,37)/b34-17+/t25?,26-,27+,31?/m0/s1. The van der Waals surface area contributed by atoms with E-state index in [2.05, 4.69) is 31.4 Å². The average Bonchev–Trinajstić information content (AvgIpc) is 3.25. The Hall–Kier alpha value is -4.43. The zero-order valence-corrected chi connectivity index (χ0v) is 22.1. The first-order valence-electron chi connectivity index (χ1n) is 12.6. The van der Waals surface area contributed by atoms with Gasteiger partial charge in [-0.1, -0.05) is 64.5 Å². The molecule has 39 heavy (non-hydrogen) atoms. The monoisotopic (exact) mass is 576 g/mol. The fourth-order valence-corrected chi connectivity index (χ4v) is 6.91. The van der Waals surface area contributed by atoms with Crippen LogP contribution in [0.3, 0.4) is 0 Å². The Labute approximate surface area is 232 Å². The Bertz CT molecular complexity index is 1640. The Morgan fingerprint density at radius 3 is 2.21 bits per heavy atom. The maximum atomic E-state index is 14.3. The van der Waals surface area contributed by atoms with E-state index < -0.39 is 23.2 Å². The third-order valence-corrected chi connectivity index (χ3v) is 8.66. The van der Waals surface area contributed by atoms with Crippen molar-refractivity contribution in [1.29, 1.82) is 0 Å². The Balaban J connectivity index is 1.41. The van der Waals surface area contributed by atoms with Gasteiger partial charge in [0, 0.05) is 29.0 Å². The van der Waals surface area contributed by atoms with Crippen molar-refractivity contribution in [1.82, 2.24) is 10.4 Å². The molecule has 4 aromatic rings. The number of pyridine rings is 1. The van der Waals surface area contributed by atoms with Gasteiger partial charge in [0.15, 0.2) is 0 Å². The normalized spacial score (nSPS) is 24.4. The van der Waals surface area contributed by atoms with E-state index in [0.717, 1.165) is 26.7 Å². The molecule has 3 aromatic carbocycles. The smallest absolute Gasteiger partial charge is 0.272 e. The van der Waals surface area contributed by atoms with Gasteiger partial charge in [-0.15, -0.1) is 0 Å². The molecule has 1 saturated heterocycles. The summed E-state index contributed by atoms with van der Waals surface area (Å²) in [5.41, 5.74) is 6.32. The van der Waals surface area contributed by atoms with E-state index in [1.54, 1.807) is 36.7 Å². The Morgan fingerprint density at radius 1 is 0.897 bits per heavy atom. The van der Waals surface area contributed by atoms with Crippen molar-refractivity contribution >= 4 is 45.6 Å². The first-order valence-corrected chi connectivity index (χ1v) is 13.4. The quantitative estimate of drug-likeness (QED) is 0.214. The van der Waals surface area contributed by atoms with Crippen molar-refractivity contribution in [2.24, 2.45) is 16.9 Å². The van der Waals surface area contributed by atoms with Crippen LogP contribution < -0.4 is 10.3 Å². The summed E-state index contributed by atoms with van der Waals surface area (Å²) in [6.45, 7) is 0. The van der Waals surface area contributed by atoms with Crippen LogP contribution in [-0.4, -0.2) is 28.9 Å². The van der Waals surface area contributed by atoms with E-state index in [-0.39, 0.29) is 17.7 Å². The summed E-state index contributed by atoms with van der Waals surface area (Å²) in [5, 5.41) is 4.43. The van der Waals surface area contributed by atoms with Gasteiger partial charge < -0.3 is 0 Å². The number of nitrogens with one attached hydrogen (secondary N) is 1. The van der Waals surface area contributed by atoms with Gasteiger partial charge in [0.2, 0.25) is 11.8 Å². The molecule has 1 fully saturated rings. The summed E-state index contributed by atoms with van der Waals surface area (Å²) in [4.78, 5) is 46.5. The number of anilines is 1. The molecule has 0 saturated carbocycles. The van der Waals surface area contributed by atoms with E-state index in [1.165, 1.54) is 11.1 Å². The molecule has 2 atom stereocenters. The van der Waals surface area contributed by atoms with Crippen LogP contribution in [0.2, 0.25) is 0 Å². The van der Waals surface area contributed by atoms with Crippen LogP contribution in [0, 0.1) is 11.8 Å². The number of hydrazone groups is 1. The highest BCUT2D eigenvalue weighted by atomic mass is 79.9. The van der Waals surface area contributed by atoms with Crippen molar-refractivity contribution in [3.8, 4) is 0 Å². The summed E-state index contributed by atoms with van der Waals surface area (Å²) in [6, 6.07) is 26.4. The fraction of sp³-hybridized carbons (Fsp3) is 0.129. The lowest BCUT2D eigenvalue weighted by atomic mass is 9.47. The molecule has 3 amide bonds. The van der Waals surface area contributed by atoms with Crippen molar-refractivity contribution in [3.63, 3.8) is 0 Å². The number of rotatable bonds is 4. The van der Waals surface area contributed by atoms with Crippen molar-refractivity contribution < 1.29 is 14.4 Å². The van der Waals surface area contributed by atoms with Crippen LogP contribution >= 0.6 is 15.9 Å². The van der Waals surface area contributed by atoms with Crippen LogP contribution in [0.5, 0.6) is 0 Å². The number of imide groups is 1. The molecule has 3 aliphatic carbocycles. The molecule has 7 nitrogen and oxygen atoms in total. The highest BCUT2D eigenvalue weighted by Gasteiger charge is 2.68. The molecular formula is C31H21BrN4O3. The van der Waals surface area contributed by atoms with E-state index in [4.69, 9.17) is 0 Å². The summed E-state index contributed by atoms with van der Waals surface area (Å²) in [5.74, 6) is -2.50. The molecule has 0 spiro atoms. The molecule has 1 aromatic heterocycles. The van der Waals surface area contributed by atoms with E-state index >= 15 is 0 Å². The average molecular weight is 577 g/mol. The summed E-state index contributed by atoms with van der Waals surface area (Å²) >= 11 is 3.43. The fourth-order valence-electron chi connectivity index (χ4n) is 6.65. The van der Waals surface area contributed by atoms with Gasteiger partial charge in [-0.3, -0.25) is 19.4 Å². The van der Waals surface area contributed by atoms with Crippen LogP contribution in [0.15, 0.2) is 107 Å². The zero-order valence-electron chi connectivity index (χ0n) is 20.5. The number of hydrogen-bond acceptors (Lipinski definition) is 5. The first-order chi connectivity index (χ1) is 19.0. The number of hydrogen-bond donors (Lipinski definition) is 1. The van der Waals surface area contributed by atoms with Gasteiger partial charge in [-0.2, -0.15) is 5.10 Å². The maximum absolute atomic E-state index is 14.3. The van der Waals surface area contributed by atoms with Crippen molar-refractivity contribution in [2.75, 3.05) is 4.90 Å². The second kappa shape index (κ2) is 8.81. The minimum Gasteiger partial charge on any atom is -0.274 e. The number of carbonyl (C=O) groups is 3. The molecular weight excluding hydrogens is 556 g/mol.